The molecule has 1 aromatic carbocycles. The van der Waals surface area contributed by atoms with E-state index in [1.54, 1.807) is 10.7 Å². The van der Waals surface area contributed by atoms with Crippen LogP contribution in [-0.4, -0.2) is 43.9 Å². The molecule has 0 saturated carbocycles. The molecule has 4 aromatic rings. The summed E-state index contributed by atoms with van der Waals surface area (Å²) < 4.78 is 3.51. The predicted octanol–water partition coefficient (Wildman–Crippen LogP) is 3.71. The van der Waals surface area contributed by atoms with Gasteiger partial charge in [-0.05, 0) is 44.6 Å². The van der Waals surface area contributed by atoms with Crippen molar-refractivity contribution in [1.82, 2.24) is 24.3 Å². The molecule has 3 aromatic heterocycles. The first kappa shape index (κ1) is 18.8. The Morgan fingerprint density at radius 2 is 1.80 bits per heavy atom. The first-order chi connectivity index (χ1) is 14.7. The van der Waals surface area contributed by atoms with Crippen molar-refractivity contribution in [3.8, 4) is 22.5 Å². The minimum atomic E-state index is -0.0598. The van der Waals surface area contributed by atoms with Gasteiger partial charge in [0, 0.05) is 23.9 Å². The van der Waals surface area contributed by atoms with Gasteiger partial charge < -0.3 is 4.90 Å². The van der Waals surface area contributed by atoms with E-state index in [0.29, 0.717) is 12.6 Å². The smallest absolute Gasteiger partial charge is 0.266 e. The average molecular weight is 399 g/mol. The number of likely N-dealkylation sites (N-methyl/N-ethyl adjacent to an activating group) is 1. The lowest BCUT2D eigenvalue weighted by atomic mass is 10.0. The number of pyridine rings is 1. The summed E-state index contributed by atoms with van der Waals surface area (Å²) in [6.07, 6.45) is 5.47. The van der Waals surface area contributed by atoms with Crippen molar-refractivity contribution in [2.45, 2.75) is 31.8 Å². The molecule has 5 rings (SSSR count). The molecule has 4 heterocycles. The Morgan fingerprint density at radius 3 is 2.63 bits per heavy atom. The second-order valence-electron chi connectivity index (χ2n) is 7.99. The Bertz CT molecular complexity index is 1230. The van der Waals surface area contributed by atoms with Gasteiger partial charge in [-0.1, -0.05) is 42.8 Å². The van der Waals surface area contributed by atoms with E-state index in [0.717, 1.165) is 41.0 Å². The predicted molar refractivity (Wildman–Crippen MR) is 118 cm³/mol. The van der Waals surface area contributed by atoms with Crippen LogP contribution in [0.25, 0.3) is 28.0 Å². The number of nitrogens with zero attached hydrogens (tertiary/aromatic N) is 5. The van der Waals surface area contributed by atoms with Crippen LogP contribution in [-0.2, 0) is 6.54 Å². The third kappa shape index (κ3) is 3.44. The molecule has 152 valence electrons. The molecule has 0 bridgehead atoms. The molecular formula is C24H25N5O. The molecule has 0 N–H and O–H groups in total. The van der Waals surface area contributed by atoms with Crippen LogP contribution in [0, 0.1) is 0 Å². The van der Waals surface area contributed by atoms with Crippen molar-refractivity contribution in [3.05, 3.63) is 77.2 Å². The zero-order valence-electron chi connectivity index (χ0n) is 17.1. The van der Waals surface area contributed by atoms with E-state index >= 15 is 0 Å². The van der Waals surface area contributed by atoms with Crippen molar-refractivity contribution in [1.29, 1.82) is 0 Å². The molecule has 6 heteroatoms. The van der Waals surface area contributed by atoms with Crippen LogP contribution < -0.4 is 5.56 Å². The zero-order chi connectivity index (χ0) is 20.5. The van der Waals surface area contributed by atoms with Crippen molar-refractivity contribution in [2.24, 2.45) is 0 Å². The Balaban J connectivity index is 1.63. The number of piperidine rings is 1. The van der Waals surface area contributed by atoms with Gasteiger partial charge >= 0.3 is 0 Å². The summed E-state index contributed by atoms with van der Waals surface area (Å²) in [5.74, 6) is 0. The highest BCUT2D eigenvalue weighted by Gasteiger charge is 2.22. The molecule has 0 aliphatic carbocycles. The van der Waals surface area contributed by atoms with Crippen molar-refractivity contribution >= 4 is 5.52 Å². The molecule has 1 atom stereocenters. The maximum atomic E-state index is 12.6. The fraction of sp³-hybridized carbons (Fsp3) is 0.292. The minimum Gasteiger partial charge on any atom is -0.302 e. The molecule has 1 aliphatic heterocycles. The molecule has 1 fully saturated rings. The summed E-state index contributed by atoms with van der Waals surface area (Å²) in [4.78, 5) is 14.9. The summed E-state index contributed by atoms with van der Waals surface area (Å²) in [6.45, 7) is 1.69. The highest BCUT2D eigenvalue weighted by molar-refractivity contribution is 5.90. The Morgan fingerprint density at radius 1 is 0.967 bits per heavy atom. The third-order valence-electron chi connectivity index (χ3n) is 6.02. The highest BCUT2D eigenvalue weighted by Crippen LogP contribution is 2.33. The molecule has 1 unspecified atom stereocenters. The molecule has 1 aliphatic rings. The van der Waals surface area contributed by atoms with Crippen LogP contribution in [0.15, 0.2) is 71.7 Å². The molecular weight excluding hydrogens is 374 g/mol. The summed E-state index contributed by atoms with van der Waals surface area (Å²) in [7, 11) is 2.14. The van der Waals surface area contributed by atoms with Gasteiger partial charge in [0.15, 0.2) is 0 Å². The second kappa shape index (κ2) is 7.88. The molecule has 1 saturated heterocycles. The third-order valence-corrected chi connectivity index (χ3v) is 6.02. The number of aromatic nitrogens is 4. The topological polar surface area (TPSA) is 55.4 Å². The number of hydrogen-bond donors (Lipinski definition) is 0. The minimum absolute atomic E-state index is 0.0598. The second-order valence-corrected chi connectivity index (χ2v) is 7.99. The number of fused-ring (bicyclic) bond motifs is 1. The monoisotopic (exact) mass is 399 g/mol. The number of benzene rings is 1. The lowest BCUT2D eigenvalue weighted by Crippen LogP contribution is -2.41. The van der Waals surface area contributed by atoms with Gasteiger partial charge in [0.05, 0.1) is 23.3 Å². The van der Waals surface area contributed by atoms with E-state index in [9.17, 15) is 4.79 Å². The number of hydrogen-bond acceptors (Lipinski definition) is 4. The summed E-state index contributed by atoms with van der Waals surface area (Å²) in [6, 6.07) is 19.9. The average Bonchev–Trinajstić information content (AvgIpc) is 3.17. The van der Waals surface area contributed by atoms with E-state index in [1.165, 1.54) is 12.8 Å². The van der Waals surface area contributed by atoms with Crippen molar-refractivity contribution in [3.63, 3.8) is 0 Å². The van der Waals surface area contributed by atoms with Crippen molar-refractivity contribution in [2.75, 3.05) is 13.6 Å². The molecule has 0 radical (unpaired) electrons. The largest absolute Gasteiger partial charge is 0.302 e. The van der Waals surface area contributed by atoms with E-state index in [1.807, 2.05) is 53.2 Å². The first-order valence-electron chi connectivity index (χ1n) is 10.5. The van der Waals surface area contributed by atoms with Gasteiger partial charge in [-0.25, -0.2) is 9.20 Å². The maximum Gasteiger partial charge on any atom is 0.266 e. The zero-order valence-corrected chi connectivity index (χ0v) is 17.1. The van der Waals surface area contributed by atoms with Crippen LogP contribution >= 0.6 is 0 Å². The highest BCUT2D eigenvalue weighted by atomic mass is 16.1. The fourth-order valence-electron chi connectivity index (χ4n) is 4.34. The Hall–Kier alpha value is -3.25. The lowest BCUT2D eigenvalue weighted by molar-refractivity contribution is 0.161. The summed E-state index contributed by atoms with van der Waals surface area (Å²) in [5, 5.41) is 9.62. The van der Waals surface area contributed by atoms with Gasteiger partial charge in [-0.15, -0.1) is 0 Å². The van der Waals surface area contributed by atoms with E-state index in [4.69, 9.17) is 10.2 Å². The maximum absolute atomic E-state index is 12.6. The van der Waals surface area contributed by atoms with Gasteiger partial charge in [0.25, 0.3) is 5.56 Å². The normalized spacial score (nSPS) is 17.4. The quantitative estimate of drug-likeness (QED) is 0.525. The standard InChI is InChI=1S/C24H25N5O/c1-27-15-7-5-11-19(27)17-29-22(30)14-13-20(25-29)23-21-12-6-8-16-28(21)26-24(23)18-9-3-2-4-10-18/h2-4,6,8-10,12-14,16,19H,5,7,11,15,17H2,1H3. The molecule has 0 spiro atoms. The Kier molecular flexibility index (Phi) is 4.93. The van der Waals surface area contributed by atoms with E-state index < -0.39 is 0 Å². The van der Waals surface area contributed by atoms with Crippen LogP contribution in [0.2, 0.25) is 0 Å². The SMILES string of the molecule is CN1CCCCC1Cn1nc(-c2c(-c3ccccc3)nn3ccccc23)ccc1=O. The molecule has 30 heavy (non-hydrogen) atoms. The van der Waals surface area contributed by atoms with E-state index in [-0.39, 0.29) is 5.56 Å². The fourth-order valence-corrected chi connectivity index (χ4v) is 4.34. The van der Waals surface area contributed by atoms with Gasteiger partial charge in [0.2, 0.25) is 0 Å². The number of rotatable bonds is 4. The van der Waals surface area contributed by atoms with Crippen LogP contribution in [0.1, 0.15) is 19.3 Å². The van der Waals surface area contributed by atoms with Crippen LogP contribution in [0.4, 0.5) is 0 Å². The Labute approximate surface area is 175 Å². The lowest BCUT2D eigenvalue weighted by Gasteiger charge is -2.32. The molecule has 6 nitrogen and oxygen atoms in total. The van der Waals surface area contributed by atoms with E-state index in [2.05, 4.69) is 24.1 Å². The van der Waals surface area contributed by atoms with Crippen molar-refractivity contribution < 1.29 is 0 Å². The molecule has 0 amide bonds. The van der Waals surface area contributed by atoms with Gasteiger partial charge in [-0.3, -0.25) is 4.79 Å². The summed E-state index contributed by atoms with van der Waals surface area (Å²) >= 11 is 0. The van der Waals surface area contributed by atoms with Gasteiger partial charge in [0.1, 0.15) is 5.69 Å². The first-order valence-corrected chi connectivity index (χ1v) is 10.5. The van der Waals surface area contributed by atoms with Crippen LogP contribution in [0.3, 0.4) is 0 Å². The number of likely N-dealkylation sites (tertiary alicyclic amines) is 1. The van der Waals surface area contributed by atoms with Gasteiger partial charge in [-0.2, -0.15) is 10.2 Å². The van der Waals surface area contributed by atoms with Crippen LogP contribution in [0.5, 0.6) is 0 Å². The summed E-state index contributed by atoms with van der Waals surface area (Å²) in [5.41, 5.74) is 4.54.